The van der Waals surface area contributed by atoms with Crippen molar-refractivity contribution in [2.24, 2.45) is 5.92 Å². The fourth-order valence-corrected chi connectivity index (χ4v) is 1.30. The van der Waals surface area contributed by atoms with Gasteiger partial charge in [0, 0.05) is 0 Å². The molecule has 3 nitrogen and oxygen atoms in total. The van der Waals surface area contributed by atoms with E-state index in [0.717, 1.165) is 0 Å². The van der Waals surface area contributed by atoms with Gasteiger partial charge in [-0.1, -0.05) is 13.0 Å². The average molecular weight is 212 g/mol. The summed E-state index contributed by atoms with van der Waals surface area (Å²) in [6.45, 7) is 0.929. The topological polar surface area (TPSA) is 57.5 Å². The molecule has 0 aliphatic carbocycles. The number of phenolic OH excluding ortho intramolecular Hbond substituents is 1. The molecule has 15 heavy (non-hydrogen) atoms. The molecule has 1 atom stereocenters. The molecule has 0 saturated carbocycles. The van der Waals surface area contributed by atoms with Crippen molar-refractivity contribution in [3.8, 4) is 5.75 Å². The number of carboxylic acids is 1. The Hall–Kier alpha value is -1.58. The van der Waals surface area contributed by atoms with Gasteiger partial charge in [-0.25, -0.2) is 4.39 Å². The summed E-state index contributed by atoms with van der Waals surface area (Å²) in [6.07, 6.45) is 0.203. The standard InChI is InChI=1S/C11H13FO3/c1-7(11(14)15)4-9-5-8(6-12)2-3-10(9)13/h2-3,5,7,13H,4,6H2,1H3,(H,14,15). The first kappa shape index (κ1) is 11.5. The second-order valence-electron chi connectivity index (χ2n) is 3.54. The van der Waals surface area contributed by atoms with Crippen LogP contribution in [0.25, 0.3) is 0 Å². The summed E-state index contributed by atoms with van der Waals surface area (Å²) in [5.74, 6) is -1.51. The molecule has 0 aliphatic heterocycles. The van der Waals surface area contributed by atoms with E-state index >= 15 is 0 Å². The first-order valence-electron chi connectivity index (χ1n) is 4.64. The first-order valence-corrected chi connectivity index (χ1v) is 4.64. The zero-order valence-corrected chi connectivity index (χ0v) is 8.40. The Balaban J connectivity index is 2.88. The Morgan fingerprint density at radius 1 is 1.53 bits per heavy atom. The molecule has 0 spiro atoms. The van der Waals surface area contributed by atoms with E-state index in [4.69, 9.17) is 5.11 Å². The Labute approximate surface area is 87.2 Å². The molecule has 0 fully saturated rings. The van der Waals surface area contributed by atoms with Gasteiger partial charge in [-0.3, -0.25) is 4.79 Å². The number of phenols is 1. The Kier molecular flexibility index (Phi) is 3.66. The number of hydrogen-bond acceptors (Lipinski definition) is 2. The van der Waals surface area contributed by atoms with E-state index in [1.165, 1.54) is 18.2 Å². The van der Waals surface area contributed by atoms with Crippen molar-refractivity contribution < 1.29 is 19.4 Å². The highest BCUT2D eigenvalue weighted by atomic mass is 19.1. The van der Waals surface area contributed by atoms with Crippen LogP contribution in [0.4, 0.5) is 4.39 Å². The van der Waals surface area contributed by atoms with Crippen LogP contribution in [0, 0.1) is 5.92 Å². The van der Waals surface area contributed by atoms with Gasteiger partial charge in [0.2, 0.25) is 0 Å². The SMILES string of the molecule is CC(Cc1cc(CF)ccc1O)C(=O)O. The smallest absolute Gasteiger partial charge is 0.306 e. The molecule has 4 heteroatoms. The monoisotopic (exact) mass is 212 g/mol. The molecule has 1 rings (SSSR count). The number of halogens is 1. The zero-order chi connectivity index (χ0) is 11.4. The van der Waals surface area contributed by atoms with Gasteiger partial charge in [0.25, 0.3) is 0 Å². The third-order valence-electron chi connectivity index (χ3n) is 2.25. The van der Waals surface area contributed by atoms with Crippen LogP contribution in [0.5, 0.6) is 5.75 Å². The van der Waals surface area contributed by atoms with Crippen LogP contribution in [0.2, 0.25) is 0 Å². The first-order chi connectivity index (χ1) is 7.04. The minimum Gasteiger partial charge on any atom is -0.508 e. The minimum atomic E-state index is -0.931. The molecule has 0 radical (unpaired) electrons. The quantitative estimate of drug-likeness (QED) is 0.803. The van der Waals surface area contributed by atoms with Gasteiger partial charge in [0.1, 0.15) is 12.4 Å². The fourth-order valence-electron chi connectivity index (χ4n) is 1.30. The van der Waals surface area contributed by atoms with Crippen LogP contribution in [-0.2, 0) is 17.9 Å². The third-order valence-corrected chi connectivity index (χ3v) is 2.25. The average Bonchev–Trinajstić information content (AvgIpc) is 2.21. The number of benzene rings is 1. The zero-order valence-electron chi connectivity index (χ0n) is 8.40. The summed E-state index contributed by atoms with van der Waals surface area (Å²) < 4.78 is 12.3. The number of carboxylic acid groups (broad SMARTS) is 1. The normalized spacial score (nSPS) is 12.4. The summed E-state index contributed by atoms with van der Waals surface area (Å²) in [5.41, 5.74) is 0.917. The minimum absolute atomic E-state index is 0.0142. The fraction of sp³-hybridized carbons (Fsp3) is 0.364. The molecule has 1 aromatic rings. The van der Waals surface area contributed by atoms with Gasteiger partial charge >= 0.3 is 5.97 Å². The predicted molar refractivity (Wildman–Crippen MR) is 53.4 cm³/mol. The highest BCUT2D eigenvalue weighted by Gasteiger charge is 2.14. The van der Waals surface area contributed by atoms with Gasteiger partial charge in [-0.15, -0.1) is 0 Å². The molecular formula is C11H13FO3. The molecular weight excluding hydrogens is 199 g/mol. The Bertz CT molecular complexity index is 363. The summed E-state index contributed by atoms with van der Waals surface area (Å²) in [4.78, 5) is 10.6. The van der Waals surface area contributed by atoms with Crippen molar-refractivity contribution >= 4 is 5.97 Å². The number of carbonyl (C=O) groups is 1. The highest BCUT2D eigenvalue weighted by Crippen LogP contribution is 2.22. The lowest BCUT2D eigenvalue weighted by Gasteiger charge is -2.09. The second-order valence-corrected chi connectivity index (χ2v) is 3.54. The predicted octanol–water partition coefficient (Wildman–Crippen LogP) is 2.12. The molecule has 2 N–H and O–H groups in total. The summed E-state index contributed by atoms with van der Waals surface area (Å²) in [6, 6.07) is 4.36. The van der Waals surface area contributed by atoms with Gasteiger partial charge in [-0.05, 0) is 29.7 Å². The molecule has 82 valence electrons. The van der Waals surface area contributed by atoms with Crippen LogP contribution in [0.1, 0.15) is 18.1 Å². The molecule has 0 heterocycles. The second kappa shape index (κ2) is 4.77. The number of aromatic hydroxyl groups is 1. The maximum absolute atomic E-state index is 12.3. The molecule has 0 saturated heterocycles. The van der Waals surface area contributed by atoms with Crippen LogP contribution in [0.15, 0.2) is 18.2 Å². The number of hydrogen-bond donors (Lipinski definition) is 2. The lowest BCUT2D eigenvalue weighted by atomic mass is 9.99. The number of rotatable bonds is 4. The van der Waals surface area contributed by atoms with Gasteiger partial charge in [-0.2, -0.15) is 0 Å². The molecule has 1 unspecified atom stereocenters. The van der Waals surface area contributed by atoms with E-state index in [2.05, 4.69) is 0 Å². The molecule has 0 aliphatic rings. The third kappa shape index (κ3) is 2.94. The molecule has 1 aromatic carbocycles. The summed E-state index contributed by atoms with van der Waals surface area (Å²) >= 11 is 0. The lowest BCUT2D eigenvalue weighted by molar-refractivity contribution is -0.141. The van der Waals surface area contributed by atoms with E-state index in [9.17, 15) is 14.3 Å². The van der Waals surface area contributed by atoms with E-state index in [1.54, 1.807) is 6.92 Å². The van der Waals surface area contributed by atoms with E-state index < -0.39 is 18.6 Å². The van der Waals surface area contributed by atoms with Gasteiger partial charge < -0.3 is 10.2 Å². The van der Waals surface area contributed by atoms with Crippen molar-refractivity contribution in [1.29, 1.82) is 0 Å². The summed E-state index contributed by atoms with van der Waals surface area (Å²) in [7, 11) is 0. The van der Waals surface area contributed by atoms with E-state index in [0.29, 0.717) is 11.1 Å². The maximum Gasteiger partial charge on any atom is 0.306 e. The van der Waals surface area contributed by atoms with Gasteiger partial charge in [0.15, 0.2) is 0 Å². The van der Waals surface area contributed by atoms with Crippen molar-refractivity contribution in [3.63, 3.8) is 0 Å². The van der Waals surface area contributed by atoms with Crippen LogP contribution in [0.3, 0.4) is 0 Å². The van der Waals surface area contributed by atoms with E-state index in [-0.39, 0.29) is 12.2 Å². The Morgan fingerprint density at radius 2 is 2.20 bits per heavy atom. The Morgan fingerprint density at radius 3 is 2.73 bits per heavy atom. The lowest BCUT2D eigenvalue weighted by Crippen LogP contribution is -2.12. The summed E-state index contributed by atoms with van der Waals surface area (Å²) in [5, 5.41) is 18.2. The molecule has 0 amide bonds. The van der Waals surface area contributed by atoms with Crippen LogP contribution >= 0.6 is 0 Å². The van der Waals surface area contributed by atoms with Gasteiger partial charge in [0.05, 0.1) is 5.92 Å². The van der Waals surface area contributed by atoms with Crippen molar-refractivity contribution in [2.75, 3.05) is 0 Å². The largest absolute Gasteiger partial charge is 0.508 e. The highest BCUT2D eigenvalue weighted by molar-refractivity contribution is 5.70. The van der Waals surface area contributed by atoms with Crippen molar-refractivity contribution in [1.82, 2.24) is 0 Å². The van der Waals surface area contributed by atoms with Crippen LogP contribution < -0.4 is 0 Å². The number of alkyl halides is 1. The molecule has 0 bridgehead atoms. The van der Waals surface area contributed by atoms with Crippen LogP contribution in [-0.4, -0.2) is 16.2 Å². The molecule has 0 aromatic heterocycles. The van der Waals surface area contributed by atoms with Crippen molar-refractivity contribution in [2.45, 2.75) is 20.0 Å². The van der Waals surface area contributed by atoms with Crippen molar-refractivity contribution in [3.05, 3.63) is 29.3 Å². The number of aliphatic carboxylic acids is 1. The maximum atomic E-state index is 12.3. The van der Waals surface area contributed by atoms with E-state index in [1.807, 2.05) is 0 Å².